The minimum Gasteiger partial charge on any atom is -0.463 e. The van der Waals surface area contributed by atoms with Crippen LogP contribution in [0.4, 0.5) is 0 Å². The third-order valence-electron chi connectivity index (χ3n) is 2.30. The van der Waals surface area contributed by atoms with Crippen LogP contribution in [0, 0.1) is 6.92 Å². The van der Waals surface area contributed by atoms with Crippen LogP contribution in [-0.4, -0.2) is 25.2 Å². The number of nitrogens with zero attached hydrogens (tertiary/aromatic N) is 1. The number of aryl methyl sites for hydroxylation is 1. The predicted octanol–water partition coefficient (Wildman–Crippen LogP) is 2.64. The minimum atomic E-state index is -0.547. The van der Waals surface area contributed by atoms with Crippen LogP contribution in [0.25, 0.3) is 10.8 Å². The van der Waals surface area contributed by atoms with Crippen molar-refractivity contribution in [2.75, 3.05) is 14.2 Å². The van der Waals surface area contributed by atoms with E-state index in [0.717, 1.165) is 9.75 Å². The molecule has 2 aromatic heterocycles. The summed E-state index contributed by atoms with van der Waals surface area (Å²) in [5.41, 5.74) is 0.449. The van der Waals surface area contributed by atoms with Crippen LogP contribution in [0.5, 0.6) is 0 Å². The van der Waals surface area contributed by atoms with Gasteiger partial charge in [-0.15, -0.1) is 11.3 Å². The van der Waals surface area contributed by atoms with Gasteiger partial charge in [0.25, 0.3) is 0 Å². The topological polar surface area (TPSA) is 61.6 Å². The zero-order valence-corrected chi connectivity index (χ0v) is 11.2. The van der Waals surface area contributed by atoms with Crippen LogP contribution in [0.15, 0.2) is 16.5 Å². The lowest BCUT2D eigenvalue weighted by molar-refractivity contribution is 0.0559. The number of aromatic nitrogens is 1. The monoisotopic (exact) mass is 267 g/mol. The van der Waals surface area contributed by atoms with Crippen molar-refractivity contribution in [1.29, 1.82) is 0 Å². The molecule has 0 aliphatic rings. The highest BCUT2D eigenvalue weighted by molar-refractivity contribution is 7.15. The van der Waals surface area contributed by atoms with Crippen LogP contribution in [0.2, 0.25) is 0 Å². The van der Waals surface area contributed by atoms with Crippen molar-refractivity contribution in [3.05, 3.63) is 28.5 Å². The SMILES string of the molecule is COCc1nc(-c2ccc(C)s2)oc1C(=O)OC. The van der Waals surface area contributed by atoms with Crippen LogP contribution >= 0.6 is 11.3 Å². The van der Waals surface area contributed by atoms with Gasteiger partial charge in [0.1, 0.15) is 5.69 Å². The minimum absolute atomic E-state index is 0.0976. The van der Waals surface area contributed by atoms with Crippen molar-refractivity contribution in [2.24, 2.45) is 0 Å². The molecule has 2 aromatic rings. The number of hydrogen-bond acceptors (Lipinski definition) is 6. The van der Waals surface area contributed by atoms with Gasteiger partial charge in [-0.3, -0.25) is 0 Å². The Bertz CT molecular complexity index is 558. The fourth-order valence-electron chi connectivity index (χ4n) is 1.49. The molecule has 0 radical (unpaired) electrons. The number of ether oxygens (including phenoxy) is 2. The lowest BCUT2D eigenvalue weighted by atomic mass is 10.3. The largest absolute Gasteiger partial charge is 0.463 e. The number of carbonyl (C=O) groups excluding carboxylic acids is 1. The van der Waals surface area contributed by atoms with E-state index < -0.39 is 5.97 Å². The summed E-state index contributed by atoms with van der Waals surface area (Å²) in [7, 11) is 2.83. The lowest BCUT2D eigenvalue weighted by Crippen LogP contribution is -2.04. The standard InChI is InChI=1S/C12H13NO4S/c1-7-4-5-9(18-7)11-13-8(6-15-2)10(17-11)12(14)16-3/h4-5H,6H2,1-3H3. The number of esters is 1. The summed E-state index contributed by atoms with van der Waals surface area (Å²) >= 11 is 1.55. The highest BCUT2D eigenvalue weighted by Crippen LogP contribution is 2.29. The second-order valence-corrected chi connectivity index (χ2v) is 4.92. The van der Waals surface area contributed by atoms with Gasteiger partial charge in [-0.2, -0.15) is 0 Å². The molecular formula is C12H13NO4S. The van der Waals surface area contributed by atoms with Crippen molar-refractivity contribution < 1.29 is 18.7 Å². The Balaban J connectivity index is 2.41. The highest BCUT2D eigenvalue weighted by atomic mass is 32.1. The Morgan fingerprint density at radius 1 is 1.44 bits per heavy atom. The zero-order valence-electron chi connectivity index (χ0n) is 10.4. The van der Waals surface area contributed by atoms with Gasteiger partial charge >= 0.3 is 5.97 Å². The van der Waals surface area contributed by atoms with Gasteiger partial charge in [0.2, 0.25) is 11.7 Å². The lowest BCUT2D eigenvalue weighted by Gasteiger charge is -1.96. The van der Waals surface area contributed by atoms with E-state index in [1.165, 1.54) is 14.2 Å². The fourth-order valence-corrected chi connectivity index (χ4v) is 2.29. The molecule has 0 aliphatic heterocycles. The van der Waals surface area contributed by atoms with Crippen molar-refractivity contribution in [1.82, 2.24) is 4.98 Å². The summed E-state index contributed by atoms with van der Waals surface area (Å²) in [5, 5.41) is 0. The summed E-state index contributed by atoms with van der Waals surface area (Å²) in [4.78, 5) is 17.8. The molecule has 0 saturated heterocycles. The molecule has 0 aromatic carbocycles. The Hall–Kier alpha value is -1.66. The van der Waals surface area contributed by atoms with Gasteiger partial charge < -0.3 is 13.9 Å². The van der Waals surface area contributed by atoms with Gasteiger partial charge in [-0.1, -0.05) is 0 Å². The molecule has 2 heterocycles. The van der Waals surface area contributed by atoms with E-state index in [0.29, 0.717) is 11.6 Å². The van der Waals surface area contributed by atoms with Crippen molar-refractivity contribution in [3.8, 4) is 10.8 Å². The maximum absolute atomic E-state index is 11.6. The second-order valence-electron chi connectivity index (χ2n) is 3.63. The Morgan fingerprint density at radius 2 is 2.22 bits per heavy atom. The number of thiophene rings is 1. The average Bonchev–Trinajstić information content (AvgIpc) is 2.95. The van der Waals surface area contributed by atoms with Crippen molar-refractivity contribution in [2.45, 2.75) is 13.5 Å². The molecule has 0 bridgehead atoms. The van der Waals surface area contributed by atoms with Crippen LogP contribution < -0.4 is 0 Å². The Kier molecular flexibility index (Phi) is 3.78. The van der Waals surface area contributed by atoms with Gasteiger partial charge in [-0.05, 0) is 19.1 Å². The number of carbonyl (C=O) groups is 1. The molecule has 0 spiro atoms. The molecule has 5 nitrogen and oxygen atoms in total. The first-order valence-corrected chi connectivity index (χ1v) is 6.11. The molecule has 0 amide bonds. The van der Waals surface area contributed by atoms with E-state index in [9.17, 15) is 4.79 Å². The quantitative estimate of drug-likeness (QED) is 0.797. The number of methoxy groups -OCH3 is 2. The van der Waals surface area contributed by atoms with Gasteiger partial charge in [0.15, 0.2) is 0 Å². The number of oxazole rings is 1. The molecule has 0 unspecified atom stereocenters. The zero-order chi connectivity index (χ0) is 13.1. The van der Waals surface area contributed by atoms with E-state index in [1.807, 2.05) is 19.1 Å². The van der Waals surface area contributed by atoms with Crippen LogP contribution in [0.1, 0.15) is 21.1 Å². The first kappa shape index (κ1) is 12.8. The first-order valence-electron chi connectivity index (χ1n) is 5.29. The number of hydrogen-bond donors (Lipinski definition) is 0. The van der Waals surface area contributed by atoms with E-state index in [4.69, 9.17) is 9.15 Å². The Labute approximate surface area is 108 Å². The normalized spacial score (nSPS) is 10.6. The summed E-state index contributed by atoms with van der Waals surface area (Å²) in [6.45, 7) is 2.20. The molecule has 0 saturated carbocycles. The van der Waals surface area contributed by atoms with Gasteiger partial charge in [0, 0.05) is 12.0 Å². The fraction of sp³-hybridized carbons (Fsp3) is 0.333. The smallest absolute Gasteiger partial charge is 0.376 e. The molecule has 18 heavy (non-hydrogen) atoms. The second kappa shape index (κ2) is 5.32. The third kappa shape index (κ3) is 2.44. The molecule has 0 N–H and O–H groups in total. The predicted molar refractivity (Wildman–Crippen MR) is 66.6 cm³/mol. The van der Waals surface area contributed by atoms with E-state index in [2.05, 4.69) is 9.72 Å². The highest BCUT2D eigenvalue weighted by Gasteiger charge is 2.22. The molecule has 2 rings (SSSR count). The maximum Gasteiger partial charge on any atom is 0.376 e. The first-order chi connectivity index (χ1) is 8.65. The third-order valence-corrected chi connectivity index (χ3v) is 3.29. The van der Waals surface area contributed by atoms with Gasteiger partial charge in [-0.25, -0.2) is 9.78 Å². The van der Waals surface area contributed by atoms with Gasteiger partial charge in [0.05, 0.1) is 18.6 Å². The van der Waals surface area contributed by atoms with Crippen molar-refractivity contribution >= 4 is 17.3 Å². The summed E-state index contributed by atoms with van der Waals surface area (Å²) in [5.74, 6) is -0.0324. The van der Waals surface area contributed by atoms with E-state index in [-0.39, 0.29) is 12.4 Å². The molecule has 6 heteroatoms. The molecule has 0 fully saturated rings. The molecule has 0 atom stereocenters. The summed E-state index contributed by atoms with van der Waals surface area (Å²) in [6, 6.07) is 3.88. The summed E-state index contributed by atoms with van der Waals surface area (Å²) in [6.07, 6.45) is 0. The molecule has 0 aliphatic carbocycles. The molecule has 96 valence electrons. The molecular weight excluding hydrogens is 254 g/mol. The van der Waals surface area contributed by atoms with Crippen LogP contribution in [-0.2, 0) is 16.1 Å². The van der Waals surface area contributed by atoms with Crippen molar-refractivity contribution in [3.63, 3.8) is 0 Å². The average molecular weight is 267 g/mol. The van der Waals surface area contributed by atoms with E-state index in [1.54, 1.807) is 11.3 Å². The number of rotatable bonds is 4. The van der Waals surface area contributed by atoms with Crippen LogP contribution in [0.3, 0.4) is 0 Å². The Morgan fingerprint density at radius 3 is 2.78 bits per heavy atom. The maximum atomic E-state index is 11.6. The van der Waals surface area contributed by atoms with E-state index >= 15 is 0 Å². The summed E-state index contributed by atoms with van der Waals surface area (Å²) < 4.78 is 15.1.